The number of carbonyl (C=O) groups excluding carboxylic acids is 1. The minimum atomic E-state index is -2.66. The first kappa shape index (κ1) is 13.6. The number of nitrogens with zero attached hydrogens (tertiary/aromatic N) is 3. The van der Waals surface area contributed by atoms with Crippen LogP contribution in [0.4, 0.5) is 8.78 Å². The van der Waals surface area contributed by atoms with Gasteiger partial charge in [-0.3, -0.25) is 9.63 Å². The lowest BCUT2D eigenvalue weighted by Crippen LogP contribution is -2.43. The van der Waals surface area contributed by atoms with Crippen LogP contribution in [0, 0.1) is 0 Å². The fraction of sp³-hybridized carbons (Fsp3) is 0.545. The number of hydroxylamine groups is 2. The summed E-state index contributed by atoms with van der Waals surface area (Å²) >= 11 is 0. The van der Waals surface area contributed by atoms with Gasteiger partial charge in [-0.15, -0.1) is 0 Å². The smallest absolute Gasteiger partial charge is 0.295 e. The summed E-state index contributed by atoms with van der Waals surface area (Å²) in [5, 5.41) is 0.990. The molecule has 1 aliphatic carbocycles. The van der Waals surface area contributed by atoms with Crippen LogP contribution in [0.25, 0.3) is 0 Å². The molecule has 19 heavy (non-hydrogen) atoms. The van der Waals surface area contributed by atoms with Gasteiger partial charge in [0.25, 0.3) is 11.8 Å². The van der Waals surface area contributed by atoms with Crippen LogP contribution in [0.3, 0.4) is 0 Å². The second-order valence-corrected chi connectivity index (χ2v) is 4.23. The van der Waals surface area contributed by atoms with Gasteiger partial charge in [-0.25, -0.2) is 23.8 Å². The van der Waals surface area contributed by atoms with Gasteiger partial charge in [0, 0.05) is 26.0 Å². The topological polar surface area (TPSA) is 64.5 Å². The third-order valence-corrected chi connectivity index (χ3v) is 2.76. The summed E-state index contributed by atoms with van der Waals surface area (Å²) in [4.78, 5) is 24.0. The van der Waals surface area contributed by atoms with E-state index in [1.54, 1.807) is 0 Å². The van der Waals surface area contributed by atoms with E-state index < -0.39 is 17.9 Å². The molecule has 0 atom stereocenters. The zero-order chi connectivity index (χ0) is 14.0. The van der Waals surface area contributed by atoms with Crippen LogP contribution in [0.5, 0.6) is 5.88 Å². The molecule has 8 heteroatoms. The Kier molecular flexibility index (Phi) is 3.61. The molecule has 1 saturated carbocycles. The van der Waals surface area contributed by atoms with E-state index >= 15 is 0 Å². The van der Waals surface area contributed by atoms with Crippen molar-refractivity contribution in [1.29, 1.82) is 0 Å². The summed E-state index contributed by atoms with van der Waals surface area (Å²) in [6, 6.07) is 1.30. The molecule has 0 unspecified atom stereocenters. The fourth-order valence-electron chi connectivity index (χ4n) is 1.63. The second-order valence-electron chi connectivity index (χ2n) is 4.23. The summed E-state index contributed by atoms with van der Waals surface area (Å²) in [6.45, 7) is 0. The molecule has 0 spiro atoms. The SMILES string of the molecule is CON(C)C(=O)c1cc(OC2CC(F)(F)C2)ncn1. The Hall–Kier alpha value is -1.83. The first-order valence-electron chi connectivity index (χ1n) is 5.60. The van der Waals surface area contributed by atoms with Crippen molar-refractivity contribution in [1.82, 2.24) is 15.0 Å². The first-order valence-corrected chi connectivity index (χ1v) is 5.60. The van der Waals surface area contributed by atoms with Crippen LogP contribution in [0.15, 0.2) is 12.4 Å². The van der Waals surface area contributed by atoms with Crippen LogP contribution in [-0.2, 0) is 4.84 Å². The maximum Gasteiger partial charge on any atom is 0.295 e. The van der Waals surface area contributed by atoms with Crippen molar-refractivity contribution >= 4 is 5.91 Å². The van der Waals surface area contributed by atoms with Gasteiger partial charge in [0.2, 0.25) is 5.88 Å². The zero-order valence-corrected chi connectivity index (χ0v) is 10.5. The summed E-state index contributed by atoms with van der Waals surface area (Å²) in [7, 11) is 2.77. The van der Waals surface area contributed by atoms with Gasteiger partial charge in [-0.05, 0) is 0 Å². The summed E-state index contributed by atoms with van der Waals surface area (Å²) in [5.41, 5.74) is 0.0698. The van der Waals surface area contributed by atoms with Crippen LogP contribution >= 0.6 is 0 Å². The number of alkyl halides is 2. The molecule has 1 fully saturated rings. The lowest BCUT2D eigenvalue weighted by Gasteiger charge is -2.34. The Morgan fingerprint density at radius 2 is 2.16 bits per heavy atom. The highest BCUT2D eigenvalue weighted by molar-refractivity contribution is 5.91. The normalized spacial score (nSPS) is 17.7. The predicted molar refractivity (Wildman–Crippen MR) is 59.7 cm³/mol. The quantitative estimate of drug-likeness (QED) is 0.773. The largest absolute Gasteiger partial charge is 0.474 e. The van der Waals surface area contributed by atoms with E-state index in [0.29, 0.717) is 0 Å². The third-order valence-electron chi connectivity index (χ3n) is 2.76. The van der Waals surface area contributed by atoms with E-state index in [0.717, 1.165) is 11.4 Å². The third kappa shape index (κ3) is 3.14. The highest BCUT2D eigenvalue weighted by Crippen LogP contribution is 2.39. The van der Waals surface area contributed by atoms with Gasteiger partial charge >= 0.3 is 0 Å². The van der Waals surface area contributed by atoms with Gasteiger partial charge in [-0.2, -0.15) is 0 Å². The highest BCUT2D eigenvalue weighted by atomic mass is 19.3. The molecule has 1 aromatic rings. The van der Waals surface area contributed by atoms with Crippen LogP contribution < -0.4 is 4.74 Å². The van der Waals surface area contributed by atoms with Crippen molar-refractivity contribution in [3.63, 3.8) is 0 Å². The molecule has 1 amide bonds. The molecule has 1 aromatic heterocycles. The Labute approximate surface area is 108 Å². The minimum Gasteiger partial charge on any atom is -0.474 e. The Balaban J connectivity index is 2.02. The van der Waals surface area contributed by atoms with Gasteiger partial charge in [0.1, 0.15) is 18.1 Å². The number of amides is 1. The van der Waals surface area contributed by atoms with Gasteiger partial charge in [0.05, 0.1) is 7.11 Å². The van der Waals surface area contributed by atoms with E-state index in [2.05, 4.69) is 9.97 Å². The van der Waals surface area contributed by atoms with Crippen molar-refractivity contribution in [2.24, 2.45) is 0 Å². The predicted octanol–water partition coefficient (Wildman–Crippen LogP) is 1.29. The van der Waals surface area contributed by atoms with E-state index in [-0.39, 0.29) is 24.4 Å². The molecule has 1 aliphatic rings. The number of aromatic nitrogens is 2. The monoisotopic (exact) mass is 273 g/mol. The molecular weight excluding hydrogens is 260 g/mol. The maximum absolute atomic E-state index is 12.7. The average molecular weight is 273 g/mol. The minimum absolute atomic E-state index is 0.0698. The van der Waals surface area contributed by atoms with Crippen molar-refractivity contribution in [3.05, 3.63) is 18.1 Å². The Morgan fingerprint density at radius 1 is 1.47 bits per heavy atom. The number of halogens is 2. The zero-order valence-electron chi connectivity index (χ0n) is 10.5. The molecule has 0 radical (unpaired) electrons. The number of rotatable bonds is 4. The number of ether oxygens (including phenoxy) is 1. The molecule has 0 aromatic carbocycles. The Morgan fingerprint density at radius 3 is 2.74 bits per heavy atom. The van der Waals surface area contributed by atoms with Crippen molar-refractivity contribution in [3.8, 4) is 5.88 Å². The van der Waals surface area contributed by atoms with E-state index in [1.807, 2.05) is 0 Å². The Bertz CT molecular complexity index is 476. The molecule has 1 heterocycles. The van der Waals surface area contributed by atoms with Gasteiger partial charge in [0.15, 0.2) is 0 Å². The second kappa shape index (κ2) is 5.04. The van der Waals surface area contributed by atoms with Crippen molar-refractivity contribution in [2.75, 3.05) is 14.2 Å². The summed E-state index contributed by atoms with van der Waals surface area (Å²) in [5.74, 6) is -3.04. The molecule has 2 rings (SSSR count). The summed E-state index contributed by atoms with van der Waals surface area (Å²) in [6.07, 6.45) is -0.104. The van der Waals surface area contributed by atoms with Crippen LogP contribution in [0.1, 0.15) is 23.3 Å². The molecular formula is C11H13F2N3O3. The van der Waals surface area contributed by atoms with Crippen LogP contribution in [-0.4, -0.2) is 47.1 Å². The van der Waals surface area contributed by atoms with E-state index in [4.69, 9.17) is 9.57 Å². The standard InChI is InChI=1S/C11H13F2N3O3/c1-16(18-2)10(17)8-3-9(15-6-14-8)19-7-4-11(12,13)5-7/h3,6-7H,4-5H2,1-2H3. The fourth-order valence-corrected chi connectivity index (χ4v) is 1.63. The lowest BCUT2D eigenvalue weighted by atomic mass is 9.91. The molecule has 104 valence electrons. The van der Waals surface area contributed by atoms with Crippen molar-refractivity contribution in [2.45, 2.75) is 24.9 Å². The molecule has 0 aliphatic heterocycles. The molecule has 0 saturated heterocycles. The average Bonchev–Trinajstić information content (AvgIpc) is 2.35. The van der Waals surface area contributed by atoms with E-state index in [9.17, 15) is 13.6 Å². The van der Waals surface area contributed by atoms with Gasteiger partial charge in [-0.1, -0.05) is 0 Å². The lowest BCUT2D eigenvalue weighted by molar-refractivity contribution is -0.135. The molecule has 0 bridgehead atoms. The first-order chi connectivity index (χ1) is 8.91. The summed E-state index contributed by atoms with van der Waals surface area (Å²) < 4.78 is 30.6. The van der Waals surface area contributed by atoms with E-state index in [1.165, 1.54) is 20.2 Å². The van der Waals surface area contributed by atoms with Crippen molar-refractivity contribution < 1.29 is 23.1 Å². The molecule has 0 N–H and O–H groups in total. The van der Waals surface area contributed by atoms with Gasteiger partial charge < -0.3 is 4.74 Å². The molecule has 6 nitrogen and oxygen atoms in total. The number of carbonyl (C=O) groups is 1. The maximum atomic E-state index is 12.7. The van der Waals surface area contributed by atoms with Crippen LogP contribution in [0.2, 0.25) is 0 Å². The number of hydrogen-bond acceptors (Lipinski definition) is 5. The number of hydrogen-bond donors (Lipinski definition) is 0. The highest BCUT2D eigenvalue weighted by Gasteiger charge is 2.47.